The first kappa shape index (κ1) is 26.0. The topological polar surface area (TPSA) is 72.9 Å². The fourth-order valence-corrected chi connectivity index (χ4v) is 7.23. The number of fused-ring (bicyclic) bond motifs is 5. The minimum absolute atomic E-state index is 0.200. The molecule has 2 heterocycles. The Kier molecular flexibility index (Phi) is 6.08. The Morgan fingerprint density at radius 2 is 1.55 bits per heavy atom. The fraction of sp³-hybridized carbons (Fsp3) is 0.194. The number of ether oxygens (including phenoxy) is 2. The molecule has 0 radical (unpaired) electrons. The van der Waals surface area contributed by atoms with Gasteiger partial charge in [-0.3, -0.25) is 14.4 Å². The van der Waals surface area contributed by atoms with Crippen LogP contribution in [0.25, 0.3) is 6.08 Å². The first-order valence-corrected chi connectivity index (χ1v) is 14.2. The van der Waals surface area contributed by atoms with E-state index in [-0.39, 0.29) is 17.3 Å². The van der Waals surface area contributed by atoms with Gasteiger partial charge in [-0.15, -0.1) is 0 Å². The maximum absolute atomic E-state index is 14.9. The summed E-state index contributed by atoms with van der Waals surface area (Å²) in [5.74, 6) is -0.461. The van der Waals surface area contributed by atoms with Crippen LogP contribution in [0.5, 0.6) is 11.5 Å². The van der Waals surface area contributed by atoms with E-state index in [2.05, 4.69) is 0 Å². The molecule has 0 aromatic heterocycles. The quantitative estimate of drug-likeness (QED) is 0.202. The molecule has 0 amide bonds. The molecule has 3 atom stereocenters. The maximum Gasteiger partial charge on any atom is 0.186 e. The van der Waals surface area contributed by atoms with Gasteiger partial charge in [0, 0.05) is 33.9 Å². The van der Waals surface area contributed by atoms with Crippen LogP contribution in [0, 0.1) is 5.41 Å². The van der Waals surface area contributed by atoms with E-state index in [9.17, 15) is 14.4 Å². The Hall–Kier alpha value is -4.97. The summed E-state index contributed by atoms with van der Waals surface area (Å²) in [5.41, 5.74) is 2.03. The van der Waals surface area contributed by atoms with Crippen molar-refractivity contribution in [2.45, 2.75) is 24.9 Å². The SMILES string of the molecule is CCOc1ccccc1[C@H]1[C@H](C(=O)c2cccc(OC)c2)N2c3ccccc3C=CC2C12C(=O)c1ccccc1C2=O. The molecule has 1 saturated heterocycles. The number of benzene rings is 4. The van der Waals surface area contributed by atoms with Gasteiger partial charge in [-0.05, 0) is 36.8 Å². The minimum atomic E-state index is -1.58. The number of methoxy groups -OCH3 is 1. The Bertz CT molecular complexity index is 1750. The van der Waals surface area contributed by atoms with Crippen LogP contribution in [-0.2, 0) is 0 Å². The lowest BCUT2D eigenvalue weighted by atomic mass is 9.64. The smallest absolute Gasteiger partial charge is 0.186 e. The molecular formula is C36H29NO5. The van der Waals surface area contributed by atoms with Gasteiger partial charge in [0.25, 0.3) is 0 Å². The van der Waals surface area contributed by atoms with E-state index in [0.29, 0.717) is 40.4 Å². The van der Waals surface area contributed by atoms with Crippen molar-refractivity contribution in [3.05, 3.63) is 131 Å². The van der Waals surface area contributed by atoms with Gasteiger partial charge < -0.3 is 14.4 Å². The van der Waals surface area contributed by atoms with Crippen molar-refractivity contribution < 1.29 is 23.9 Å². The molecule has 1 aliphatic carbocycles. The van der Waals surface area contributed by atoms with Crippen molar-refractivity contribution in [3.63, 3.8) is 0 Å². The highest BCUT2D eigenvalue weighted by atomic mass is 16.5. The van der Waals surface area contributed by atoms with Crippen LogP contribution in [0.2, 0.25) is 0 Å². The average molecular weight is 556 g/mol. The van der Waals surface area contributed by atoms with E-state index in [0.717, 1.165) is 11.3 Å². The summed E-state index contributed by atoms with van der Waals surface area (Å²) >= 11 is 0. The number of ketones is 3. The van der Waals surface area contributed by atoms with Gasteiger partial charge in [0.05, 0.1) is 19.8 Å². The summed E-state index contributed by atoms with van der Waals surface area (Å²) in [4.78, 5) is 46.5. The van der Waals surface area contributed by atoms with E-state index in [4.69, 9.17) is 9.47 Å². The van der Waals surface area contributed by atoms with Crippen LogP contribution in [-0.4, -0.2) is 43.2 Å². The van der Waals surface area contributed by atoms with Gasteiger partial charge in [0.15, 0.2) is 17.3 Å². The number of carbonyl (C=O) groups excluding carboxylic acids is 3. The van der Waals surface area contributed by atoms with Gasteiger partial charge in [-0.1, -0.05) is 84.9 Å². The molecule has 208 valence electrons. The summed E-state index contributed by atoms with van der Waals surface area (Å²) < 4.78 is 11.6. The third-order valence-corrected chi connectivity index (χ3v) is 8.89. The van der Waals surface area contributed by atoms with Crippen molar-refractivity contribution in [1.29, 1.82) is 0 Å². The zero-order chi connectivity index (χ0) is 29.0. The lowest BCUT2D eigenvalue weighted by Gasteiger charge is -2.37. The lowest BCUT2D eigenvalue weighted by Crippen LogP contribution is -2.48. The van der Waals surface area contributed by atoms with E-state index in [1.807, 2.05) is 72.5 Å². The second-order valence-corrected chi connectivity index (χ2v) is 10.8. The van der Waals surface area contributed by atoms with Gasteiger partial charge in [-0.2, -0.15) is 0 Å². The van der Waals surface area contributed by atoms with Crippen molar-refractivity contribution >= 4 is 29.1 Å². The third-order valence-electron chi connectivity index (χ3n) is 8.89. The average Bonchev–Trinajstić information content (AvgIpc) is 3.47. The molecule has 7 rings (SSSR count). The second kappa shape index (κ2) is 9.84. The van der Waals surface area contributed by atoms with Crippen LogP contribution in [0.15, 0.2) is 103 Å². The molecule has 4 aromatic carbocycles. The Morgan fingerprint density at radius 1 is 0.857 bits per heavy atom. The van der Waals surface area contributed by atoms with E-state index in [1.54, 1.807) is 55.6 Å². The molecule has 1 fully saturated rings. The first-order chi connectivity index (χ1) is 20.5. The van der Waals surface area contributed by atoms with Gasteiger partial charge in [-0.25, -0.2) is 0 Å². The number of nitrogens with zero attached hydrogens (tertiary/aromatic N) is 1. The summed E-state index contributed by atoms with van der Waals surface area (Å²) in [6, 6.07) is 27.7. The lowest BCUT2D eigenvalue weighted by molar-refractivity contribution is 0.0664. The molecule has 6 nitrogen and oxygen atoms in total. The third kappa shape index (κ3) is 3.48. The van der Waals surface area contributed by atoms with E-state index < -0.39 is 23.4 Å². The molecule has 42 heavy (non-hydrogen) atoms. The Balaban J connectivity index is 1.56. The van der Waals surface area contributed by atoms with Crippen LogP contribution in [0.3, 0.4) is 0 Å². The number of carbonyl (C=O) groups is 3. The number of rotatable bonds is 6. The minimum Gasteiger partial charge on any atom is -0.497 e. The molecule has 0 bridgehead atoms. The van der Waals surface area contributed by atoms with Gasteiger partial charge >= 0.3 is 0 Å². The molecule has 3 aliphatic rings. The predicted octanol–water partition coefficient (Wildman–Crippen LogP) is 6.41. The molecule has 2 aliphatic heterocycles. The number of para-hydroxylation sites is 2. The summed E-state index contributed by atoms with van der Waals surface area (Å²) in [6.07, 6.45) is 3.89. The van der Waals surface area contributed by atoms with E-state index >= 15 is 0 Å². The normalized spacial score (nSPS) is 21.2. The van der Waals surface area contributed by atoms with E-state index in [1.165, 1.54) is 0 Å². The largest absolute Gasteiger partial charge is 0.497 e. The molecule has 6 heteroatoms. The number of anilines is 1. The highest BCUT2D eigenvalue weighted by Gasteiger charge is 2.71. The van der Waals surface area contributed by atoms with Crippen LogP contribution in [0.1, 0.15) is 55.0 Å². The van der Waals surface area contributed by atoms with Crippen molar-refractivity contribution in [1.82, 2.24) is 0 Å². The van der Waals surface area contributed by atoms with Crippen molar-refractivity contribution in [3.8, 4) is 11.5 Å². The molecule has 0 N–H and O–H groups in total. The zero-order valence-electron chi connectivity index (χ0n) is 23.3. The Labute approximate surface area is 244 Å². The molecule has 4 aromatic rings. The molecule has 0 saturated carbocycles. The fourth-order valence-electron chi connectivity index (χ4n) is 7.23. The number of Topliss-reactive ketones (excluding diaryl/α,β-unsaturated/α-hetero) is 3. The molecule has 1 spiro atoms. The van der Waals surface area contributed by atoms with Crippen LogP contribution in [0.4, 0.5) is 5.69 Å². The number of hydrogen-bond donors (Lipinski definition) is 0. The van der Waals surface area contributed by atoms with Crippen molar-refractivity contribution in [2.24, 2.45) is 5.41 Å². The first-order valence-electron chi connectivity index (χ1n) is 14.2. The second-order valence-electron chi connectivity index (χ2n) is 10.8. The van der Waals surface area contributed by atoms with Gasteiger partial charge in [0.1, 0.15) is 23.0 Å². The highest BCUT2D eigenvalue weighted by Crippen LogP contribution is 2.62. The highest BCUT2D eigenvalue weighted by molar-refractivity contribution is 6.32. The van der Waals surface area contributed by atoms with Crippen LogP contribution < -0.4 is 14.4 Å². The van der Waals surface area contributed by atoms with Crippen LogP contribution >= 0.6 is 0 Å². The predicted molar refractivity (Wildman–Crippen MR) is 161 cm³/mol. The summed E-state index contributed by atoms with van der Waals surface area (Å²) in [7, 11) is 1.56. The van der Waals surface area contributed by atoms with Gasteiger partial charge in [0.2, 0.25) is 0 Å². The standard InChI is InChI=1S/C36H29NO5/c1-3-42-29-18-9-7-16-27(29)31-32(33(38)23-12-10-13-24(21-23)41-2)37-28-17-8-4-11-22(28)19-20-30(37)36(31)34(39)25-14-5-6-15-26(25)35(36)40/h4-21,30-32H,3H2,1-2H3/t30?,31-,32+/m0/s1. The summed E-state index contributed by atoms with van der Waals surface area (Å²) in [6.45, 7) is 2.29. The molecule has 1 unspecified atom stereocenters. The maximum atomic E-state index is 14.9. The zero-order valence-corrected chi connectivity index (χ0v) is 23.3. The summed E-state index contributed by atoms with van der Waals surface area (Å²) in [5, 5.41) is 0. The monoisotopic (exact) mass is 555 g/mol. The Morgan fingerprint density at radius 3 is 2.29 bits per heavy atom. The van der Waals surface area contributed by atoms with Crippen molar-refractivity contribution in [2.75, 3.05) is 18.6 Å². The number of hydrogen-bond acceptors (Lipinski definition) is 6. The molecular weight excluding hydrogens is 526 g/mol.